The molecule has 4 unspecified atom stereocenters. The van der Waals surface area contributed by atoms with Crippen LogP contribution in [0.1, 0.15) is 27.7 Å². The normalized spacial score (nSPS) is 44.1. The van der Waals surface area contributed by atoms with Crippen molar-refractivity contribution in [2.45, 2.75) is 45.7 Å². The molecule has 1 aliphatic rings. The van der Waals surface area contributed by atoms with Crippen LogP contribution in [0.25, 0.3) is 0 Å². The van der Waals surface area contributed by atoms with Gasteiger partial charge < -0.3 is 20.1 Å². The van der Waals surface area contributed by atoms with Gasteiger partial charge in [0, 0.05) is 5.92 Å². The lowest BCUT2D eigenvalue weighted by Gasteiger charge is -2.23. The maximum absolute atomic E-state index is 9.39. The highest BCUT2D eigenvalue weighted by Crippen LogP contribution is 2.32. The summed E-state index contributed by atoms with van der Waals surface area (Å²) >= 11 is 0. The predicted molar refractivity (Wildman–Crippen MR) is 49.1 cm³/mol. The monoisotopic (exact) mass is 192 g/mol. The molecule has 4 nitrogen and oxygen atoms in total. The van der Waals surface area contributed by atoms with Crippen molar-refractivity contribution >= 4 is 0 Å². The zero-order valence-electron chi connectivity index (χ0n) is 8.69. The number of hydrogen-bond acceptors (Lipinski definition) is 4. The Balaban J connectivity index is 0.000000671. The van der Waals surface area contributed by atoms with Gasteiger partial charge in [-0.15, -0.1) is 0 Å². The molecule has 0 saturated carbocycles. The van der Waals surface area contributed by atoms with Gasteiger partial charge in [0.2, 0.25) is 5.79 Å². The largest absolute Gasteiger partial charge is 0.391 e. The standard InChI is InChI=1S/C7H14O4.C2H6/c1-4-5(2)11-7(10,3-8)6(4)9;1-2/h4-6,8-10H,3H2,1-2H3;1-2H3. The van der Waals surface area contributed by atoms with Crippen molar-refractivity contribution < 1.29 is 20.1 Å². The van der Waals surface area contributed by atoms with Crippen LogP contribution in [-0.4, -0.2) is 39.9 Å². The van der Waals surface area contributed by atoms with E-state index in [-0.39, 0.29) is 12.0 Å². The molecule has 4 atom stereocenters. The summed E-state index contributed by atoms with van der Waals surface area (Å²) in [5.41, 5.74) is 0. The molecule has 0 aromatic rings. The molecule has 80 valence electrons. The average Bonchev–Trinajstić information content (AvgIpc) is 2.35. The summed E-state index contributed by atoms with van der Waals surface area (Å²) in [5, 5.41) is 27.4. The smallest absolute Gasteiger partial charge is 0.216 e. The van der Waals surface area contributed by atoms with Gasteiger partial charge in [0.1, 0.15) is 6.10 Å². The van der Waals surface area contributed by atoms with E-state index in [1.54, 1.807) is 13.8 Å². The Hall–Kier alpha value is -0.160. The zero-order valence-corrected chi connectivity index (χ0v) is 8.69. The fraction of sp³-hybridized carbons (Fsp3) is 1.00. The van der Waals surface area contributed by atoms with Gasteiger partial charge >= 0.3 is 0 Å². The first kappa shape index (κ1) is 12.8. The van der Waals surface area contributed by atoms with Gasteiger partial charge in [0.25, 0.3) is 0 Å². The molecule has 4 heteroatoms. The first-order valence-corrected chi connectivity index (χ1v) is 4.70. The maximum atomic E-state index is 9.39. The summed E-state index contributed by atoms with van der Waals surface area (Å²) in [6.07, 6.45) is -1.22. The minimum Gasteiger partial charge on any atom is -0.391 e. The van der Waals surface area contributed by atoms with Crippen LogP contribution < -0.4 is 0 Å². The molecule has 0 radical (unpaired) electrons. The van der Waals surface area contributed by atoms with Crippen molar-refractivity contribution in [1.82, 2.24) is 0 Å². The molecular weight excluding hydrogens is 172 g/mol. The van der Waals surface area contributed by atoms with Crippen LogP contribution >= 0.6 is 0 Å². The molecule has 1 fully saturated rings. The van der Waals surface area contributed by atoms with Crippen LogP contribution in [0.5, 0.6) is 0 Å². The van der Waals surface area contributed by atoms with Crippen molar-refractivity contribution in [3.05, 3.63) is 0 Å². The second kappa shape index (κ2) is 4.91. The van der Waals surface area contributed by atoms with E-state index in [9.17, 15) is 10.2 Å². The third-order valence-corrected chi connectivity index (χ3v) is 2.32. The Bertz CT molecular complexity index is 151. The summed E-state index contributed by atoms with van der Waals surface area (Å²) in [6, 6.07) is 0. The van der Waals surface area contributed by atoms with Gasteiger partial charge in [0.05, 0.1) is 12.7 Å². The van der Waals surface area contributed by atoms with E-state index in [1.807, 2.05) is 13.8 Å². The van der Waals surface area contributed by atoms with Crippen molar-refractivity contribution in [3.63, 3.8) is 0 Å². The highest BCUT2D eigenvalue weighted by Gasteiger charge is 2.49. The summed E-state index contributed by atoms with van der Waals surface area (Å²) in [7, 11) is 0. The lowest BCUT2D eigenvalue weighted by Crippen LogP contribution is -2.44. The minimum absolute atomic E-state index is 0.146. The third kappa shape index (κ3) is 2.40. The maximum Gasteiger partial charge on any atom is 0.216 e. The topological polar surface area (TPSA) is 69.9 Å². The second-order valence-corrected chi connectivity index (χ2v) is 3.13. The van der Waals surface area contributed by atoms with E-state index >= 15 is 0 Å². The number of ether oxygens (including phenoxy) is 1. The summed E-state index contributed by atoms with van der Waals surface area (Å²) < 4.78 is 4.98. The Morgan fingerprint density at radius 2 is 1.77 bits per heavy atom. The van der Waals surface area contributed by atoms with Crippen LogP contribution in [0.4, 0.5) is 0 Å². The number of aliphatic hydroxyl groups excluding tert-OH is 2. The lowest BCUT2D eigenvalue weighted by molar-refractivity contribution is -0.243. The molecule has 0 amide bonds. The van der Waals surface area contributed by atoms with Gasteiger partial charge in [-0.3, -0.25) is 0 Å². The van der Waals surface area contributed by atoms with E-state index in [0.717, 1.165) is 0 Å². The molecule has 1 heterocycles. The number of hydrogen-bond donors (Lipinski definition) is 3. The number of rotatable bonds is 1. The predicted octanol–water partition coefficient (Wildman–Crippen LogP) is 0.109. The highest BCUT2D eigenvalue weighted by atomic mass is 16.7. The molecule has 0 aromatic heterocycles. The van der Waals surface area contributed by atoms with E-state index in [2.05, 4.69) is 0 Å². The van der Waals surface area contributed by atoms with Gasteiger partial charge in [-0.25, -0.2) is 0 Å². The Labute approximate surface area is 79.2 Å². The Morgan fingerprint density at radius 3 is 1.92 bits per heavy atom. The van der Waals surface area contributed by atoms with E-state index in [1.165, 1.54) is 0 Å². The van der Waals surface area contributed by atoms with E-state index in [0.29, 0.717) is 0 Å². The molecule has 0 spiro atoms. The zero-order chi connectivity index (χ0) is 10.6. The van der Waals surface area contributed by atoms with Crippen molar-refractivity contribution in [3.8, 4) is 0 Å². The Kier molecular flexibility index (Phi) is 4.85. The van der Waals surface area contributed by atoms with Crippen LogP contribution in [0.15, 0.2) is 0 Å². The van der Waals surface area contributed by atoms with E-state index < -0.39 is 18.5 Å². The quantitative estimate of drug-likeness (QED) is 0.551. The fourth-order valence-corrected chi connectivity index (χ4v) is 1.30. The molecule has 0 bridgehead atoms. The molecule has 1 rings (SSSR count). The number of aliphatic hydroxyl groups is 3. The van der Waals surface area contributed by atoms with Crippen LogP contribution in [0.2, 0.25) is 0 Å². The second-order valence-electron chi connectivity index (χ2n) is 3.13. The minimum atomic E-state index is -1.75. The average molecular weight is 192 g/mol. The van der Waals surface area contributed by atoms with Crippen LogP contribution in [0.3, 0.4) is 0 Å². The summed E-state index contributed by atoms with van der Waals surface area (Å²) in [4.78, 5) is 0. The highest BCUT2D eigenvalue weighted by molar-refractivity contribution is 4.90. The van der Waals surface area contributed by atoms with Crippen LogP contribution in [0, 0.1) is 5.92 Å². The molecule has 0 aliphatic carbocycles. The first-order valence-electron chi connectivity index (χ1n) is 4.70. The molecule has 1 saturated heterocycles. The van der Waals surface area contributed by atoms with E-state index in [4.69, 9.17) is 9.84 Å². The summed E-state index contributed by atoms with van der Waals surface area (Å²) in [5.74, 6) is -1.90. The van der Waals surface area contributed by atoms with Crippen molar-refractivity contribution in [2.75, 3.05) is 6.61 Å². The van der Waals surface area contributed by atoms with Gasteiger partial charge in [-0.05, 0) is 6.92 Å². The molecule has 3 N–H and O–H groups in total. The molecular formula is C9H20O4. The molecule has 0 aromatic carbocycles. The van der Waals surface area contributed by atoms with Crippen LogP contribution in [-0.2, 0) is 4.74 Å². The SMILES string of the molecule is CC.CC1OC(O)(CO)C(O)C1C. The first-order chi connectivity index (χ1) is 6.01. The fourth-order valence-electron chi connectivity index (χ4n) is 1.30. The van der Waals surface area contributed by atoms with Crippen molar-refractivity contribution in [2.24, 2.45) is 5.92 Å². The molecule has 1 aliphatic heterocycles. The summed E-state index contributed by atoms with van der Waals surface area (Å²) in [6.45, 7) is 6.95. The third-order valence-electron chi connectivity index (χ3n) is 2.32. The van der Waals surface area contributed by atoms with Crippen molar-refractivity contribution in [1.29, 1.82) is 0 Å². The van der Waals surface area contributed by atoms with Gasteiger partial charge in [0.15, 0.2) is 0 Å². The van der Waals surface area contributed by atoms with Gasteiger partial charge in [-0.1, -0.05) is 20.8 Å². The lowest BCUT2D eigenvalue weighted by atomic mass is 9.98. The Morgan fingerprint density at radius 1 is 1.31 bits per heavy atom. The van der Waals surface area contributed by atoms with Gasteiger partial charge in [-0.2, -0.15) is 0 Å². The molecule has 13 heavy (non-hydrogen) atoms.